The minimum Gasteiger partial charge on any atom is -0.488 e. The van der Waals surface area contributed by atoms with Crippen LogP contribution in [0.3, 0.4) is 0 Å². The molecule has 2 aliphatic rings. The van der Waals surface area contributed by atoms with Gasteiger partial charge in [-0.2, -0.15) is 0 Å². The topological polar surface area (TPSA) is 44.7 Å². The van der Waals surface area contributed by atoms with Crippen molar-refractivity contribution < 1.29 is 9.84 Å². The summed E-state index contributed by atoms with van der Waals surface area (Å²) in [6, 6.07) is 9.37. The van der Waals surface area contributed by atoms with Crippen LogP contribution in [0.15, 0.2) is 24.3 Å². The van der Waals surface area contributed by atoms with Gasteiger partial charge in [0.15, 0.2) is 0 Å². The molecule has 1 saturated carbocycles. The molecule has 2 N–H and O–H groups in total. The van der Waals surface area contributed by atoms with Gasteiger partial charge in [0.05, 0.1) is 6.10 Å². The van der Waals surface area contributed by atoms with Crippen LogP contribution in [0, 0.1) is 5.92 Å². The molecule has 2 fully saturated rings. The highest BCUT2D eigenvalue weighted by Crippen LogP contribution is 2.27. The molecule has 1 aliphatic heterocycles. The Hall–Kier alpha value is -1.26. The Morgan fingerprint density at radius 2 is 1.83 bits per heavy atom. The molecule has 0 radical (unpaired) electrons. The summed E-state index contributed by atoms with van der Waals surface area (Å²) in [7, 11) is 2.21. The van der Waals surface area contributed by atoms with Gasteiger partial charge in [0.2, 0.25) is 0 Å². The molecule has 0 amide bonds. The normalized spacial score (nSPS) is 34.8. The molecule has 1 heterocycles. The minimum atomic E-state index is -0.321. The number of benzene rings is 1. The fourth-order valence-corrected chi connectivity index (χ4v) is 3.98. The van der Waals surface area contributed by atoms with Crippen molar-refractivity contribution in [1.82, 2.24) is 4.90 Å². The van der Waals surface area contributed by atoms with Gasteiger partial charge < -0.3 is 20.1 Å². The summed E-state index contributed by atoms with van der Waals surface area (Å²) in [6.45, 7) is 5.76. The second kappa shape index (κ2) is 7.75. The van der Waals surface area contributed by atoms with Gasteiger partial charge in [-0.1, -0.05) is 13.3 Å². The van der Waals surface area contributed by atoms with E-state index in [9.17, 15) is 5.11 Å². The fraction of sp³-hybridized carbons (Fsp3) is 0.700. The Bertz CT molecular complexity index is 519. The predicted molar refractivity (Wildman–Crippen MR) is 98.6 cm³/mol. The molecular weight excluding hydrogens is 300 g/mol. The van der Waals surface area contributed by atoms with Gasteiger partial charge in [-0.15, -0.1) is 0 Å². The van der Waals surface area contributed by atoms with Crippen LogP contribution in [0.5, 0.6) is 5.75 Å². The average Bonchev–Trinajstić information content (AvgIpc) is 2.56. The number of likely N-dealkylation sites (tertiary alicyclic amines) is 1. The van der Waals surface area contributed by atoms with Crippen molar-refractivity contribution in [2.45, 2.75) is 70.2 Å². The number of aliphatic hydroxyl groups is 1. The van der Waals surface area contributed by atoms with Crippen LogP contribution >= 0.6 is 0 Å². The first-order valence-corrected chi connectivity index (χ1v) is 9.44. The lowest BCUT2D eigenvalue weighted by Crippen LogP contribution is -2.48. The maximum absolute atomic E-state index is 10.0. The summed E-state index contributed by atoms with van der Waals surface area (Å²) >= 11 is 0. The molecular formula is C20H32N2O2. The van der Waals surface area contributed by atoms with Crippen molar-refractivity contribution in [3.8, 4) is 5.75 Å². The van der Waals surface area contributed by atoms with Crippen LogP contribution in [-0.4, -0.2) is 47.9 Å². The second-order valence-electron chi connectivity index (χ2n) is 7.78. The molecule has 0 spiro atoms. The fourth-order valence-electron chi connectivity index (χ4n) is 3.98. The number of nitrogens with zero attached hydrogens (tertiary/aromatic N) is 1. The van der Waals surface area contributed by atoms with Gasteiger partial charge in [0.1, 0.15) is 11.9 Å². The lowest BCUT2D eigenvalue weighted by Gasteiger charge is -2.40. The van der Waals surface area contributed by atoms with E-state index in [1.165, 1.54) is 6.42 Å². The monoisotopic (exact) mass is 332 g/mol. The highest BCUT2D eigenvalue weighted by atomic mass is 16.5. The van der Waals surface area contributed by atoms with Gasteiger partial charge in [0.25, 0.3) is 0 Å². The first-order chi connectivity index (χ1) is 11.5. The van der Waals surface area contributed by atoms with E-state index in [0.717, 1.165) is 43.7 Å². The summed E-state index contributed by atoms with van der Waals surface area (Å²) in [6.07, 6.45) is 4.86. The molecule has 4 nitrogen and oxygen atoms in total. The molecule has 5 unspecified atom stereocenters. The Morgan fingerprint density at radius 1 is 1.12 bits per heavy atom. The standard InChI is InChI=1S/C20H32N2O2/c1-14-13-22(3)15(2)12-18(14)21-16-8-10-17(11-9-16)24-20-7-5-4-6-19(20)23/h8-11,14-15,18-21,23H,4-7,12-13H2,1-3H3. The Kier molecular flexibility index (Phi) is 5.67. The summed E-state index contributed by atoms with van der Waals surface area (Å²) in [5, 5.41) is 13.7. The van der Waals surface area contributed by atoms with E-state index in [1.807, 2.05) is 12.1 Å². The van der Waals surface area contributed by atoms with Gasteiger partial charge in [0, 0.05) is 24.3 Å². The Labute approximate surface area is 146 Å². The third kappa shape index (κ3) is 4.22. The van der Waals surface area contributed by atoms with E-state index in [1.54, 1.807) is 0 Å². The summed E-state index contributed by atoms with van der Waals surface area (Å²) in [5.74, 6) is 1.50. The van der Waals surface area contributed by atoms with Crippen LogP contribution in [0.1, 0.15) is 46.0 Å². The van der Waals surface area contributed by atoms with Gasteiger partial charge in [-0.25, -0.2) is 0 Å². The van der Waals surface area contributed by atoms with E-state index >= 15 is 0 Å². The van der Waals surface area contributed by atoms with Crippen LogP contribution < -0.4 is 10.1 Å². The lowest BCUT2D eigenvalue weighted by atomic mass is 9.89. The number of hydrogen-bond donors (Lipinski definition) is 2. The largest absolute Gasteiger partial charge is 0.488 e. The number of aliphatic hydroxyl groups excluding tert-OH is 1. The molecule has 5 atom stereocenters. The summed E-state index contributed by atoms with van der Waals surface area (Å²) < 4.78 is 5.98. The third-order valence-electron chi connectivity index (χ3n) is 5.77. The molecule has 1 aromatic rings. The zero-order valence-electron chi connectivity index (χ0n) is 15.2. The number of rotatable bonds is 4. The van der Waals surface area contributed by atoms with Crippen molar-refractivity contribution in [2.24, 2.45) is 5.92 Å². The highest BCUT2D eigenvalue weighted by molar-refractivity contribution is 5.47. The first-order valence-electron chi connectivity index (χ1n) is 9.44. The molecule has 1 saturated heterocycles. The van der Waals surface area contributed by atoms with Crippen LogP contribution in [0.2, 0.25) is 0 Å². The average molecular weight is 332 g/mol. The SMILES string of the molecule is CC1CN(C)C(C)CC1Nc1ccc(OC2CCCCC2O)cc1. The number of ether oxygens (including phenoxy) is 1. The molecule has 24 heavy (non-hydrogen) atoms. The zero-order valence-corrected chi connectivity index (χ0v) is 15.2. The smallest absolute Gasteiger partial charge is 0.124 e. The predicted octanol–water partition coefficient (Wildman–Crippen LogP) is 3.51. The molecule has 1 aromatic carbocycles. The van der Waals surface area contributed by atoms with E-state index in [4.69, 9.17) is 4.74 Å². The highest BCUT2D eigenvalue weighted by Gasteiger charge is 2.29. The molecule has 1 aliphatic carbocycles. The number of hydrogen-bond acceptors (Lipinski definition) is 4. The van der Waals surface area contributed by atoms with Crippen molar-refractivity contribution in [3.63, 3.8) is 0 Å². The second-order valence-corrected chi connectivity index (χ2v) is 7.78. The maximum Gasteiger partial charge on any atom is 0.124 e. The van der Waals surface area contributed by atoms with Crippen LogP contribution in [-0.2, 0) is 0 Å². The first kappa shape index (κ1) is 17.6. The van der Waals surface area contributed by atoms with Gasteiger partial charge in [-0.05, 0) is 69.8 Å². The van der Waals surface area contributed by atoms with E-state index in [2.05, 4.69) is 43.2 Å². The summed E-state index contributed by atoms with van der Waals surface area (Å²) in [5.41, 5.74) is 1.15. The lowest BCUT2D eigenvalue weighted by molar-refractivity contribution is 0.00688. The van der Waals surface area contributed by atoms with Crippen LogP contribution in [0.4, 0.5) is 5.69 Å². The van der Waals surface area contributed by atoms with E-state index in [-0.39, 0.29) is 12.2 Å². The number of piperidine rings is 1. The van der Waals surface area contributed by atoms with Gasteiger partial charge in [-0.3, -0.25) is 0 Å². The molecule has 4 heteroatoms. The number of anilines is 1. The number of nitrogens with one attached hydrogen (secondary N) is 1. The van der Waals surface area contributed by atoms with Gasteiger partial charge >= 0.3 is 0 Å². The molecule has 134 valence electrons. The van der Waals surface area contributed by atoms with Crippen molar-refractivity contribution in [2.75, 3.05) is 18.9 Å². The maximum atomic E-state index is 10.0. The summed E-state index contributed by atoms with van der Waals surface area (Å²) in [4.78, 5) is 2.44. The van der Waals surface area contributed by atoms with Crippen molar-refractivity contribution in [3.05, 3.63) is 24.3 Å². The molecule has 3 rings (SSSR count). The quantitative estimate of drug-likeness (QED) is 0.886. The zero-order chi connectivity index (χ0) is 17.1. The third-order valence-corrected chi connectivity index (χ3v) is 5.77. The van der Waals surface area contributed by atoms with Crippen molar-refractivity contribution >= 4 is 5.69 Å². The molecule has 0 aromatic heterocycles. The van der Waals surface area contributed by atoms with Crippen molar-refractivity contribution in [1.29, 1.82) is 0 Å². The van der Waals surface area contributed by atoms with E-state index < -0.39 is 0 Å². The van der Waals surface area contributed by atoms with E-state index in [0.29, 0.717) is 18.0 Å². The van der Waals surface area contributed by atoms with Crippen LogP contribution in [0.25, 0.3) is 0 Å². The molecule has 0 bridgehead atoms. The Morgan fingerprint density at radius 3 is 2.54 bits per heavy atom. The Balaban J connectivity index is 1.56. The minimum absolute atomic E-state index is 0.0488.